The van der Waals surface area contributed by atoms with Crippen molar-refractivity contribution in [3.05, 3.63) is 72.1 Å². The maximum absolute atomic E-state index is 12.8. The summed E-state index contributed by atoms with van der Waals surface area (Å²) in [7, 11) is 0. The van der Waals surface area contributed by atoms with Crippen molar-refractivity contribution in [3.63, 3.8) is 0 Å². The third kappa shape index (κ3) is 5.08. The van der Waals surface area contributed by atoms with Gasteiger partial charge in [-0.2, -0.15) is 0 Å². The Labute approximate surface area is 179 Å². The Morgan fingerprint density at radius 2 is 1.97 bits per heavy atom. The highest BCUT2D eigenvalue weighted by Gasteiger charge is 2.26. The van der Waals surface area contributed by atoms with Gasteiger partial charge < -0.3 is 10.2 Å². The number of benzene rings is 2. The van der Waals surface area contributed by atoms with Crippen LogP contribution in [0.5, 0.6) is 0 Å². The Morgan fingerprint density at radius 1 is 1.14 bits per heavy atom. The van der Waals surface area contributed by atoms with Gasteiger partial charge in [-0.05, 0) is 49.2 Å². The maximum atomic E-state index is 12.8. The molecular weight excluding hydrogens is 404 g/mol. The predicted octanol–water partition coefficient (Wildman–Crippen LogP) is 5.14. The highest BCUT2D eigenvalue weighted by atomic mass is 35.5. The van der Waals surface area contributed by atoms with Crippen LogP contribution in [0.25, 0.3) is 0 Å². The summed E-state index contributed by atoms with van der Waals surface area (Å²) in [5.74, 6) is 0.805. The van der Waals surface area contributed by atoms with Crippen molar-refractivity contribution in [2.24, 2.45) is 5.92 Å². The van der Waals surface area contributed by atoms with E-state index in [4.69, 9.17) is 11.6 Å². The van der Waals surface area contributed by atoms with Gasteiger partial charge in [-0.25, -0.2) is 4.98 Å². The monoisotopic (exact) mass is 424 g/mol. The van der Waals surface area contributed by atoms with E-state index in [1.165, 1.54) is 0 Å². The Morgan fingerprint density at radius 3 is 2.72 bits per heavy atom. The molecule has 0 spiro atoms. The molecule has 0 bridgehead atoms. The van der Waals surface area contributed by atoms with Crippen LogP contribution in [-0.2, 0) is 4.79 Å². The number of carbonyl (C=O) groups is 1. The molecule has 1 N–H and O–H groups in total. The summed E-state index contributed by atoms with van der Waals surface area (Å²) in [6, 6.07) is 15.6. The molecule has 1 fully saturated rings. The summed E-state index contributed by atoms with van der Waals surface area (Å²) in [5.41, 5.74) is 0.801. The molecule has 29 heavy (non-hydrogen) atoms. The number of rotatable bonds is 5. The molecule has 2 aromatic carbocycles. The number of carbonyl (C=O) groups excluding carboxylic acids is 1. The summed E-state index contributed by atoms with van der Waals surface area (Å²) >= 11 is 7.83. The largest absolute Gasteiger partial charge is 0.355 e. The lowest BCUT2D eigenvalue weighted by Gasteiger charge is -2.32. The third-order valence-electron chi connectivity index (χ3n) is 4.85. The van der Waals surface area contributed by atoms with E-state index in [1.54, 1.807) is 30.4 Å². The first-order valence-electron chi connectivity index (χ1n) is 9.53. The quantitative estimate of drug-likeness (QED) is 0.614. The summed E-state index contributed by atoms with van der Waals surface area (Å²) in [6.45, 7) is 1.56. The van der Waals surface area contributed by atoms with E-state index in [0.29, 0.717) is 6.54 Å². The molecule has 1 amide bonds. The van der Waals surface area contributed by atoms with Crippen molar-refractivity contribution in [1.82, 2.24) is 9.97 Å². The molecule has 0 aliphatic carbocycles. The number of anilines is 2. The molecule has 7 heteroatoms. The van der Waals surface area contributed by atoms with Gasteiger partial charge in [-0.3, -0.25) is 9.78 Å². The van der Waals surface area contributed by atoms with Crippen molar-refractivity contribution < 1.29 is 4.79 Å². The van der Waals surface area contributed by atoms with Crippen LogP contribution in [0.3, 0.4) is 0 Å². The standard InChI is InChI=1S/C22H21ClN4OS/c23-19-5-1-2-6-20(19)29-18-9-7-17(8-10-18)26-22(28)16-4-3-13-27(15-16)21-14-24-11-12-25-21/h1-2,5-12,14,16H,3-4,13,15H2,(H,26,28). The van der Waals surface area contributed by atoms with Crippen molar-refractivity contribution in [3.8, 4) is 0 Å². The topological polar surface area (TPSA) is 58.1 Å². The number of piperidine rings is 1. The Hall–Kier alpha value is -2.57. The lowest BCUT2D eigenvalue weighted by atomic mass is 9.97. The molecule has 4 rings (SSSR count). The molecule has 1 atom stereocenters. The van der Waals surface area contributed by atoms with Gasteiger partial charge in [-0.1, -0.05) is 35.5 Å². The number of halogens is 1. The summed E-state index contributed by atoms with van der Waals surface area (Å²) in [6.07, 6.45) is 6.92. The number of aromatic nitrogens is 2. The summed E-state index contributed by atoms with van der Waals surface area (Å²) < 4.78 is 0. The second-order valence-corrected chi connectivity index (χ2v) is 8.42. The fourth-order valence-electron chi connectivity index (χ4n) is 3.36. The van der Waals surface area contributed by atoms with E-state index in [9.17, 15) is 4.79 Å². The summed E-state index contributed by atoms with van der Waals surface area (Å²) in [4.78, 5) is 25.5. The zero-order valence-electron chi connectivity index (χ0n) is 15.8. The zero-order chi connectivity index (χ0) is 20.1. The summed E-state index contributed by atoms with van der Waals surface area (Å²) in [5, 5.41) is 3.79. The van der Waals surface area contributed by atoms with Gasteiger partial charge in [0.15, 0.2) is 0 Å². The zero-order valence-corrected chi connectivity index (χ0v) is 17.4. The SMILES string of the molecule is O=C(Nc1ccc(Sc2ccccc2Cl)cc1)C1CCCN(c2cnccn2)C1. The smallest absolute Gasteiger partial charge is 0.229 e. The molecule has 1 aliphatic rings. The molecule has 3 aromatic rings. The molecule has 1 saturated heterocycles. The Balaban J connectivity index is 1.36. The third-order valence-corrected chi connectivity index (χ3v) is 6.38. The average Bonchev–Trinajstić information content (AvgIpc) is 2.77. The number of nitrogens with one attached hydrogen (secondary N) is 1. The number of hydrogen-bond acceptors (Lipinski definition) is 5. The van der Waals surface area contributed by atoms with Crippen LogP contribution in [0.15, 0.2) is 76.9 Å². The van der Waals surface area contributed by atoms with Gasteiger partial charge in [0.1, 0.15) is 5.82 Å². The Kier molecular flexibility index (Phi) is 6.32. The average molecular weight is 425 g/mol. The van der Waals surface area contributed by atoms with Crippen LogP contribution < -0.4 is 10.2 Å². The first-order chi connectivity index (χ1) is 14.2. The Bertz CT molecular complexity index is 968. The van der Waals surface area contributed by atoms with Crippen LogP contribution in [-0.4, -0.2) is 29.0 Å². The van der Waals surface area contributed by atoms with Crippen LogP contribution in [0.1, 0.15) is 12.8 Å². The number of hydrogen-bond donors (Lipinski definition) is 1. The van der Waals surface area contributed by atoms with Crippen LogP contribution >= 0.6 is 23.4 Å². The molecule has 1 aromatic heterocycles. The van der Waals surface area contributed by atoms with Crippen LogP contribution in [0, 0.1) is 5.92 Å². The minimum Gasteiger partial charge on any atom is -0.355 e. The lowest BCUT2D eigenvalue weighted by molar-refractivity contribution is -0.120. The fraction of sp³-hybridized carbons (Fsp3) is 0.227. The minimum atomic E-state index is -0.0667. The van der Waals surface area contributed by atoms with Crippen LogP contribution in [0.2, 0.25) is 5.02 Å². The number of nitrogens with zero attached hydrogens (tertiary/aromatic N) is 3. The van der Waals surface area contributed by atoms with Gasteiger partial charge in [-0.15, -0.1) is 0 Å². The fourth-order valence-corrected chi connectivity index (χ4v) is 4.45. The van der Waals surface area contributed by atoms with Crippen molar-refractivity contribution in [2.45, 2.75) is 22.6 Å². The van der Waals surface area contributed by atoms with Crippen molar-refractivity contribution in [2.75, 3.05) is 23.3 Å². The van der Waals surface area contributed by atoms with E-state index < -0.39 is 0 Å². The predicted molar refractivity (Wildman–Crippen MR) is 118 cm³/mol. The molecule has 0 saturated carbocycles. The van der Waals surface area contributed by atoms with Gasteiger partial charge in [0.25, 0.3) is 0 Å². The van der Waals surface area contributed by atoms with Crippen LogP contribution in [0.4, 0.5) is 11.5 Å². The van der Waals surface area contributed by atoms with Crippen molar-refractivity contribution >= 4 is 40.8 Å². The molecule has 2 heterocycles. The molecule has 148 valence electrons. The van der Waals surface area contributed by atoms with Gasteiger partial charge >= 0.3 is 0 Å². The normalized spacial score (nSPS) is 16.4. The van der Waals surface area contributed by atoms with Crippen molar-refractivity contribution in [1.29, 1.82) is 0 Å². The lowest BCUT2D eigenvalue weighted by Crippen LogP contribution is -2.41. The van der Waals surface area contributed by atoms with Gasteiger partial charge in [0.05, 0.1) is 17.1 Å². The minimum absolute atomic E-state index is 0.0464. The van der Waals surface area contributed by atoms with Gasteiger partial charge in [0, 0.05) is 41.0 Å². The van der Waals surface area contributed by atoms with E-state index >= 15 is 0 Å². The molecule has 1 unspecified atom stereocenters. The highest BCUT2D eigenvalue weighted by molar-refractivity contribution is 7.99. The van der Waals surface area contributed by atoms with E-state index in [2.05, 4.69) is 20.2 Å². The molecule has 5 nitrogen and oxygen atoms in total. The first-order valence-corrected chi connectivity index (χ1v) is 10.7. The molecule has 1 aliphatic heterocycles. The molecular formula is C22H21ClN4OS. The second kappa shape index (κ2) is 9.29. The first kappa shape index (κ1) is 19.7. The van der Waals surface area contributed by atoms with Gasteiger partial charge in [0.2, 0.25) is 5.91 Å². The van der Waals surface area contributed by atoms with E-state index in [1.807, 2.05) is 48.5 Å². The van der Waals surface area contributed by atoms with E-state index in [0.717, 1.165) is 45.7 Å². The van der Waals surface area contributed by atoms with E-state index in [-0.39, 0.29) is 11.8 Å². The number of amides is 1. The maximum Gasteiger partial charge on any atom is 0.229 e. The second-order valence-electron chi connectivity index (χ2n) is 6.89. The molecule has 0 radical (unpaired) electrons. The highest BCUT2D eigenvalue weighted by Crippen LogP contribution is 2.33.